The molecule has 0 aliphatic carbocycles. The van der Waals surface area contributed by atoms with Gasteiger partial charge < -0.3 is 5.32 Å². The minimum atomic E-state index is 0.924. The minimum Gasteiger partial charge on any atom is -0.373 e. The molecule has 1 aliphatic heterocycles. The topological polar surface area (TPSA) is 37.3 Å². The van der Waals surface area contributed by atoms with Crippen molar-refractivity contribution in [1.29, 1.82) is 0 Å². The molecule has 0 saturated carbocycles. The zero-order valence-electron chi connectivity index (χ0n) is 9.38. The van der Waals surface area contributed by atoms with Crippen molar-refractivity contribution in [2.75, 3.05) is 18.9 Å². The lowest BCUT2D eigenvalue weighted by Gasteiger charge is -2.14. The van der Waals surface area contributed by atoms with Gasteiger partial charge in [0.05, 0.1) is 0 Å². The van der Waals surface area contributed by atoms with Gasteiger partial charge in [0.1, 0.15) is 5.82 Å². The second kappa shape index (κ2) is 4.43. The molecule has 0 fully saturated rings. The number of rotatable bonds is 2. The number of aliphatic imine (C=N–C) groups is 1. The molecular formula is C12H17N3. The summed E-state index contributed by atoms with van der Waals surface area (Å²) in [6, 6.07) is 2.08. The van der Waals surface area contributed by atoms with Gasteiger partial charge >= 0.3 is 0 Å². The number of anilines is 1. The fourth-order valence-electron chi connectivity index (χ4n) is 1.91. The summed E-state index contributed by atoms with van der Waals surface area (Å²) in [7, 11) is 1.89. The Morgan fingerprint density at radius 3 is 2.80 bits per heavy atom. The predicted molar refractivity (Wildman–Crippen MR) is 63.8 cm³/mol. The van der Waals surface area contributed by atoms with Crippen LogP contribution in [0.15, 0.2) is 17.3 Å². The molecule has 0 saturated heterocycles. The molecule has 2 heterocycles. The number of aromatic nitrogens is 1. The van der Waals surface area contributed by atoms with Crippen molar-refractivity contribution >= 4 is 11.5 Å². The lowest BCUT2D eigenvalue weighted by Crippen LogP contribution is -2.10. The molecule has 1 N–H and O–H groups in total. The third kappa shape index (κ3) is 2.17. The van der Waals surface area contributed by atoms with Crippen molar-refractivity contribution in [3.05, 3.63) is 23.4 Å². The van der Waals surface area contributed by atoms with Gasteiger partial charge in [-0.3, -0.25) is 4.99 Å². The Morgan fingerprint density at radius 2 is 2.20 bits per heavy atom. The first kappa shape index (κ1) is 10.1. The van der Waals surface area contributed by atoms with Gasteiger partial charge in [-0.1, -0.05) is 0 Å². The third-order valence-electron chi connectivity index (χ3n) is 2.80. The number of aryl methyl sites for hydroxylation is 1. The van der Waals surface area contributed by atoms with Crippen LogP contribution < -0.4 is 5.32 Å². The van der Waals surface area contributed by atoms with E-state index in [1.165, 1.54) is 29.7 Å². The fourth-order valence-corrected chi connectivity index (χ4v) is 1.91. The van der Waals surface area contributed by atoms with E-state index in [0.717, 1.165) is 18.8 Å². The van der Waals surface area contributed by atoms with E-state index in [0.29, 0.717) is 0 Å². The molecule has 80 valence electrons. The number of pyridine rings is 1. The fraction of sp³-hybridized carbons (Fsp3) is 0.500. The zero-order chi connectivity index (χ0) is 10.7. The maximum Gasteiger partial charge on any atom is 0.125 e. The molecule has 1 aromatic rings. The van der Waals surface area contributed by atoms with Crippen LogP contribution >= 0.6 is 0 Å². The van der Waals surface area contributed by atoms with Crippen molar-refractivity contribution < 1.29 is 0 Å². The first-order chi connectivity index (χ1) is 7.31. The second-order valence-electron chi connectivity index (χ2n) is 3.92. The van der Waals surface area contributed by atoms with Crippen molar-refractivity contribution in [3.63, 3.8) is 0 Å². The standard InChI is InChI=1S/C12H17N3/c1-9-7-12(13-2)15-8-10(9)11-5-3-4-6-14-11/h7-8H,3-6H2,1-2H3,(H,13,15). The highest BCUT2D eigenvalue weighted by Crippen LogP contribution is 2.18. The van der Waals surface area contributed by atoms with Crippen LogP contribution in [-0.4, -0.2) is 24.3 Å². The molecule has 0 bridgehead atoms. The monoisotopic (exact) mass is 203 g/mol. The van der Waals surface area contributed by atoms with Crippen LogP contribution in [0.2, 0.25) is 0 Å². The Morgan fingerprint density at radius 1 is 1.33 bits per heavy atom. The van der Waals surface area contributed by atoms with E-state index in [1.54, 1.807) is 0 Å². The van der Waals surface area contributed by atoms with Crippen LogP contribution in [0.1, 0.15) is 30.4 Å². The normalized spacial score (nSPS) is 16.0. The van der Waals surface area contributed by atoms with Crippen LogP contribution in [0.3, 0.4) is 0 Å². The lowest BCUT2D eigenvalue weighted by molar-refractivity contribution is 0.738. The Labute approximate surface area is 90.6 Å². The molecule has 0 unspecified atom stereocenters. The van der Waals surface area contributed by atoms with E-state index >= 15 is 0 Å². The summed E-state index contributed by atoms with van der Waals surface area (Å²) >= 11 is 0. The minimum absolute atomic E-state index is 0.924. The summed E-state index contributed by atoms with van der Waals surface area (Å²) in [6.07, 6.45) is 5.52. The highest BCUT2D eigenvalue weighted by Gasteiger charge is 2.10. The van der Waals surface area contributed by atoms with Gasteiger partial charge in [-0.05, 0) is 37.8 Å². The SMILES string of the molecule is CNc1cc(C)c(C2=NCCCC2)cn1. The highest BCUT2D eigenvalue weighted by molar-refractivity contribution is 6.02. The molecule has 1 aliphatic rings. The number of hydrogen-bond donors (Lipinski definition) is 1. The average Bonchev–Trinajstić information content (AvgIpc) is 2.30. The van der Waals surface area contributed by atoms with Gasteiger partial charge in [0.2, 0.25) is 0 Å². The van der Waals surface area contributed by atoms with Gasteiger partial charge in [0.25, 0.3) is 0 Å². The number of nitrogens with zero attached hydrogens (tertiary/aromatic N) is 2. The maximum absolute atomic E-state index is 4.57. The molecule has 15 heavy (non-hydrogen) atoms. The Kier molecular flexibility index (Phi) is 2.99. The summed E-state index contributed by atoms with van der Waals surface area (Å²) in [5.41, 5.74) is 3.71. The van der Waals surface area contributed by atoms with Crippen molar-refractivity contribution in [2.24, 2.45) is 4.99 Å². The summed E-state index contributed by atoms with van der Waals surface area (Å²) in [6.45, 7) is 3.09. The average molecular weight is 203 g/mol. The van der Waals surface area contributed by atoms with E-state index in [4.69, 9.17) is 0 Å². The molecule has 2 rings (SSSR count). The summed E-state index contributed by atoms with van der Waals surface area (Å²) in [5, 5.41) is 3.05. The largest absolute Gasteiger partial charge is 0.373 e. The first-order valence-corrected chi connectivity index (χ1v) is 5.49. The number of hydrogen-bond acceptors (Lipinski definition) is 3. The summed E-state index contributed by atoms with van der Waals surface area (Å²) in [4.78, 5) is 8.91. The van der Waals surface area contributed by atoms with E-state index < -0.39 is 0 Å². The van der Waals surface area contributed by atoms with Crippen LogP contribution in [-0.2, 0) is 0 Å². The van der Waals surface area contributed by atoms with Crippen molar-refractivity contribution in [1.82, 2.24) is 4.98 Å². The molecule has 0 amide bonds. The van der Waals surface area contributed by atoms with E-state index in [1.807, 2.05) is 13.2 Å². The van der Waals surface area contributed by atoms with Crippen molar-refractivity contribution in [2.45, 2.75) is 26.2 Å². The van der Waals surface area contributed by atoms with Gasteiger partial charge in [-0.2, -0.15) is 0 Å². The maximum atomic E-state index is 4.57. The number of nitrogens with one attached hydrogen (secondary N) is 1. The van der Waals surface area contributed by atoms with E-state index in [9.17, 15) is 0 Å². The molecule has 3 heteroatoms. The molecule has 0 radical (unpaired) electrons. The van der Waals surface area contributed by atoms with Crippen LogP contribution in [0.25, 0.3) is 0 Å². The van der Waals surface area contributed by atoms with Crippen LogP contribution in [0.5, 0.6) is 0 Å². The smallest absolute Gasteiger partial charge is 0.125 e. The van der Waals surface area contributed by atoms with Gasteiger partial charge in [-0.25, -0.2) is 4.98 Å². The Balaban J connectivity index is 2.32. The lowest BCUT2D eigenvalue weighted by atomic mass is 10.00. The molecular weight excluding hydrogens is 186 g/mol. The van der Waals surface area contributed by atoms with Crippen LogP contribution in [0.4, 0.5) is 5.82 Å². The molecule has 0 spiro atoms. The Bertz CT molecular complexity index is 382. The van der Waals surface area contributed by atoms with Crippen molar-refractivity contribution in [3.8, 4) is 0 Å². The third-order valence-corrected chi connectivity index (χ3v) is 2.80. The van der Waals surface area contributed by atoms with E-state index in [2.05, 4.69) is 28.3 Å². The van der Waals surface area contributed by atoms with Gasteiger partial charge in [0, 0.05) is 31.1 Å². The zero-order valence-corrected chi connectivity index (χ0v) is 9.38. The molecule has 0 aromatic carbocycles. The van der Waals surface area contributed by atoms with Crippen LogP contribution in [0, 0.1) is 6.92 Å². The molecule has 0 atom stereocenters. The molecule has 3 nitrogen and oxygen atoms in total. The van der Waals surface area contributed by atoms with E-state index in [-0.39, 0.29) is 0 Å². The van der Waals surface area contributed by atoms with Gasteiger partial charge in [0.15, 0.2) is 0 Å². The highest BCUT2D eigenvalue weighted by atomic mass is 14.9. The van der Waals surface area contributed by atoms with Gasteiger partial charge in [-0.15, -0.1) is 0 Å². The quantitative estimate of drug-likeness (QED) is 0.801. The first-order valence-electron chi connectivity index (χ1n) is 5.49. The second-order valence-corrected chi connectivity index (χ2v) is 3.92. The predicted octanol–water partition coefficient (Wildman–Crippen LogP) is 2.40. The Hall–Kier alpha value is -1.38. The summed E-state index contributed by atoms with van der Waals surface area (Å²) in [5.74, 6) is 0.924. The molecule has 1 aromatic heterocycles. The summed E-state index contributed by atoms with van der Waals surface area (Å²) < 4.78 is 0.